The highest BCUT2D eigenvalue weighted by Crippen LogP contribution is 2.31. The van der Waals surface area contributed by atoms with E-state index in [9.17, 15) is 4.79 Å². The largest absolute Gasteiger partial charge is 0.497 e. The normalized spacial score (nSPS) is 14.0. The molecule has 0 spiro atoms. The van der Waals surface area contributed by atoms with Gasteiger partial charge in [-0.2, -0.15) is 0 Å². The van der Waals surface area contributed by atoms with E-state index in [-0.39, 0.29) is 11.7 Å². The second-order valence-corrected chi connectivity index (χ2v) is 7.85. The number of nitrogens with zero attached hydrogens (tertiary/aromatic N) is 3. The number of benzene rings is 2. The number of carbonyl (C=O) groups excluding carboxylic acids is 1. The molecule has 0 radical (unpaired) electrons. The quantitative estimate of drug-likeness (QED) is 0.585. The number of methoxy groups -OCH3 is 1. The van der Waals surface area contributed by atoms with Crippen molar-refractivity contribution in [2.45, 2.75) is 11.6 Å². The zero-order valence-corrected chi connectivity index (χ0v) is 17.7. The number of morpholine rings is 1. The third-order valence-electron chi connectivity index (χ3n) is 4.91. The van der Waals surface area contributed by atoms with Crippen molar-refractivity contribution in [2.75, 3.05) is 44.1 Å². The highest BCUT2D eigenvalue weighted by molar-refractivity contribution is 8.00. The van der Waals surface area contributed by atoms with E-state index in [0.29, 0.717) is 19.8 Å². The average molecular weight is 425 g/mol. The summed E-state index contributed by atoms with van der Waals surface area (Å²) >= 11 is 1.40. The maximum Gasteiger partial charge on any atom is 0.230 e. The Bertz CT molecular complexity index is 1020. The molecule has 4 rings (SSSR count). The number of nitrogens with one attached hydrogen (secondary N) is 1. The number of hydrogen-bond acceptors (Lipinski definition) is 7. The van der Waals surface area contributed by atoms with Crippen LogP contribution in [-0.2, 0) is 16.1 Å². The minimum absolute atomic E-state index is 0.0500. The molecule has 0 unspecified atom stereocenters. The Morgan fingerprint density at radius 3 is 2.73 bits per heavy atom. The fourth-order valence-corrected chi connectivity index (χ4v) is 4.15. The number of amides is 1. The lowest BCUT2D eigenvalue weighted by molar-refractivity contribution is -0.118. The Kier molecular flexibility index (Phi) is 6.66. The van der Waals surface area contributed by atoms with Gasteiger partial charge in [-0.3, -0.25) is 4.79 Å². The average Bonchev–Trinajstić information content (AvgIpc) is 2.82. The Morgan fingerprint density at radius 2 is 1.93 bits per heavy atom. The summed E-state index contributed by atoms with van der Waals surface area (Å²) < 4.78 is 10.7. The second-order valence-electron chi connectivity index (χ2n) is 6.89. The van der Waals surface area contributed by atoms with Gasteiger partial charge in [0, 0.05) is 30.4 Å². The summed E-state index contributed by atoms with van der Waals surface area (Å²) in [7, 11) is 1.63. The number of carbonyl (C=O) groups is 1. The van der Waals surface area contributed by atoms with Crippen LogP contribution in [0.5, 0.6) is 5.75 Å². The van der Waals surface area contributed by atoms with E-state index in [2.05, 4.69) is 26.5 Å². The van der Waals surface area contributed by atoms with Crippen LogP contribution in [0.1, 0.15) is 5.56 Å². The zero-order valence-electron chi connectivity index (χ0n) is 16.8. The van der Waals surface area contributed by atoms with Crippen LogP contribution in [0.15, 0.2) is 53.6 Å². The number of fused-ring (bicyclic) bond motifs is 1. The molecule has 0 bridgehead atoms. The van der Waals surface area contributed by atoms with E-state index < -0.39 is 0 Å². The minimum Gasteiger partial charge on any atom is -0.497 e. The second kappa shape index (κ2) is 9.77. The molecule has 1 saturated heterocycles. The van der Waals surface area contributed by atoms with Crippen molar-refractivity contribution in [1.82, 2.24) is 15.5 Å². The number of hydrogen-bond donors (Lipinski definition) is 1. The van der Waals surface area contributed by atoms with Crippen LogP contribution in [0.25, 0.3) is 10.8 Å². The maximum absolute atomic E-state index is 12.4. The molecule has 2 aromatic carbocycles. The fourth-order valence-electron chi connectivity index (χ4n) is 3.35. The third-order valence-corrected chi connectivity index (χ3v) is 5.89. The summed E-state index contributed by atoms with van der Waals surface area (Å²) in [5.74, 6) is 1.88. The molecule has 0 atom stereocenters. The van der Waals surface area contributed by atoms with Crippen molar-refractivity contribution < 1.29 is 14.3 Å². The zero-order chi connectivity index (χ0) is 20.8. The molecule has 2 heterocycles. The molecule has 156 valence electrons. The van der Waals surface area contributed by atoms with E-state index in [1.165, 1.54) is 11.8 Å². The first-order chi connectivity index (χ1) is 14.7. The molecule has 30 heavy (non-hydrogen) atoms. The van der Waals surface area contributed by atoms with Crippen LogP contribution in [0, 0.1) is 0 Å². The van der Waals surface area contributed by atoms with Gasteiger partial charge in [-0.15, -0.1) is 10.2 Å². The summed E-state index contributed by atoms with van der Waals surface area (Å²) in [6.45, 7) is 3.45. The smallest absolute Gasteiger partial charge is 0.230 e. The molecule has 8 heteroatoms. The lowest BCUT2D eigenvalue weighted by Gasteiger charge is -2.28. The molecular weight excluding hydrogens is 400 g/mol. The van der Waals surface area contributed by atoms with E-state index in [4.69, 9.17) is 9.47 Å². The van der Waals surface area contributed by atoms with Gasteiger partial charge in [0.25, 0.3) is 0 Å². The summed E-state index contributed by atoms with van der Waals surface area (Å²) in [5.41, 5.74) is 0.993. The highest BCUT2D eigenvalue weighted by atomic mass is 32.2. The first kappa shape index (κ1) is 20.4. The summed E-state index contributed by atoms with van der Waals surface area (Å²) in [4.78, 5) is 14.6. The third kappa shape index (κ3) is 4.83. The molecule has 7 nitrogen and oxygen atoms in total. The van der Waals surface area contributed by atoms with Gasteiger partial charge in [0.2, 0.25) is 5.91 Å². The van der Waals surface area contributed by atoms with Crippen molar-refractivity contribution in [1.29, 1.82) is 0 Å². The predicted molar refractivity (Wildman–Crippen MR) is 118 cm³/mol. The number of rotatable bonds is 7. The van der Waals surface area contributed by atoms with Crippen LogP contribution in [0.4, 0.5) is 5.82 Å². The summed E-state index contributed by atoms with van der Waals surface area (Å²) in [6, 6.07) is 15.7. The SMILES string of the molecule is COc1cccc(CNC(=O)CSc2nnc(N3CCOCC3)c3ccccc23)c1. The maximum atomic E-state index is 12.4. The molecule has 1 amide bonds. The topological polar surface area (TPSA) is 76.6 Å². The Labute approximate surface area is 179 Å². The number of thioether (sulfide) groups is 1. The van der Waals surface area contributed by atoms with Crippen molar-refractivity contribution in [3.63, 3.8) is 0 Å². The van der Waals surface area contributed by atoms with E-state index in [1.807, 2.05) is 42.5 Å². The van der Waals surface area contributed by atoms with Gasteiger partial charge in [-0.25, -0.2) is 0 Å². The standard InChI is InChI=1S/C22H24N4O3S/c1-28-17-6-4-5-16(13-17)14-23-20(27)15-30-22-19-8-3-2-7-18(19)21(24-25-22)26-9-11-29-12-10-26/h2-8,13H,9-12,14-15H2,1H3,(H,23,27). The highest BCUT2D eigenvalue weighted by Gasteiger charge is 2.18. The van der Waals surface area contributed by atoms with Crippen molar-refractivity contribution in [2.24, 2.45) is 0 Å². The number of ether oxygens (including phenoxy) is 2. The summed E-state index contributed by atoms with van der Waals surface area (Å²) in [5, 5.41) is 14.7. The molecule has 1 fully saturated rings. The molecule has 1 aromatic heterocycles. The van der Waals surface area contributed by atoms with Crippen LogP contribution >= 0.6 is 11.8 Å². The van der Waals surface area contributed by atoms with Gasteiger partial charge in [0.15, 0.2) is 5.82 Å². The molecule has 1 N–H and O–H groups in total. The van der Waals surface area contributed by atoms with Crippen LogP contribution in [0.3, 0.4) is 0 Å². The summed E-state index contributed by atoms with van der Waals surface area (Å²) in [6.07, 6.45) is 0. The first-order valence-corrected chi connectivity index (χ1v) is 10.8. The van der Waals surface area contributed by atoms with Gasteiger partial charge in [-0.05, 0) is 17.7 Å². The molecule has 1 aliphatic heterocycles. The lowest BCUT2D eigenvalue weighted by atomic mass is 10.2. The fraction of sp³-hybridized carbons (Fsp3) is 0.318. The van der Waals surface area contributed by atoms with E-state index in [0.717, 1.165) is 46.0 Å². The van der Waals surface area contributed by atoms with Crippen molar-refractivity contribution in [3.05, 3.63) is 54.1 Å². The van der Waals surface area contributed by atoms with Gasteiger partial charge in [-0.1, -0.05) is 48.2 Å². The first-order valence-electron chi connectivity index (χ1n) is 9.85. The van der Waals surface area contributed by atoms with Crippen LogP contribution in [0.2, 0.25) is 0 Å². The molecule has 3 aromatic rings. The molecular formula is C22H24N4O3S. The van der Waals surface area contributed by atoms with E-state index >= 15 is 0 Å². The molecule has 0 aliphatic carbocycles. The van der Waals surface area contributed by atoms with Gasteiger partial charge in [0.1, 0.15) is 10.8 Å². The molecule has 1 aliphatic rings. The van der Waals surface area contributed by atoms with Crippen molar-refractivity contribution in [3.8, 4) is 5.75 Å². The Morgan fingerprint density at radius 1 is 1.13 bits per heavy atom. The number of anilines is 1. The number of aromatic nitrogens is 2. The lowest BCUT2D eigenvalue weighted by Crippen LogP contribution is -2.37. The van der Waals surface area contributed by atoms with Gasteiger partial charge in [0.05, 0.1) is 26.1 Å². The van der Waals surface area contributed by atoms with Crippen LogP contribution in [-0.4, -0.2) is 55.3 Å². The Hall–Kier alpha value is -2.84. The Balaban J connectivity index is 1.41. The monoisotopic (exact) mass is 424 g/mol. The van der Waals surface area contributed by atoms with Gasteiger partial charge < -0.3 is 19.7 Å². The van der Waals surface area contributed by atoms with Crippen molar-refractivity contribution >= 4 is 34.3 Å². The minimum atomic E-state index is -0.0500. The predicted octanol–water partition coefficient (Wildman–Crippen LogP) is 2.88. The van der Waals surface area contributed by atoms with Gasteiger partial charge >= 0.3 is 0 Å². The van der Waals surface area contributed by atoms with E-state index in [1.54, 1.807) is 7.11 Å². The molecule has 0 saturated carbocycles. The van der Waals surface area contributed by atoms with Crippen LogP contribution < -0.4 is 15.0 Å².